The Balaban J connectivity index is 1.34. The molecule has 1 heterocycles. The summed E-state index contributed by atoms with van der Waals surface area (Å²) >= 11 is 0. The molecular weight excluding hydrogens is 474 g/mol. The fraction of sp³-hybridized carbons (Fsp3) is 0.344. The van der Waals surface area contributed by atoms with Gasteiger partial charge in [-0.15, -0.1) is 0 Å². The molecule has 1 saturated carbocycles. The fourth-order valence-electron chi connectivity index (χ4n) is 4.62. The van der Waals surface area contributed by atoms with Crippen molar-refractivity contribution in [2.45, 2.75) is 45.9 Å². The van der Waals surface area contributed by atoms with Crippen LogP contribution in [0.25, 0.3) is 5.69 Å². The fourth-order valence-corrected chi connectivity index (χ4v) is 4.62. The second-order valence-corrected chi connectivity index (χ2v) is 10.3. The lowest BCUT2D eigenvalue weighted by molar-refractivity contribution is 0.00769. The summed E-state index contributed by atoms with van der Waals surface area (Å²) in [5, 5.41) is 15.8. The zero-order valence-electron chi connectivity index (χ0n) is 22.3. The van der Waals surface area contributed by atoms with Gasteiger partial charge < -0.3 is 14.6 Å². The van der Waals surface area contributed by atoms with E-state index in [0.29, 0.717) is 38.1 Å². The number of hydrogen-bond donors (Lipinski definition) is 1. The maximum absolute atomic E-state index is 10.9. The standard InChI is InChI=1S/C32H37N3O3/c1-24-13-17-30(18-14-24)38-32-31(25(2)33-35(32)28-11-7-4-8-12-28)21-34(19-26-15-16-26)20-29(36)23-37-22-27-9-5-3-6-10-27/h3-14,17-18,26,29,36H,15-16,19-23H2,1-2H3/t29-/m1/s1. The molecule has 6 nitrogen and oxygen atoms in total. The summed E-state index contributed by atoms with van der Waals surface area (Å²) in [6.07, 6.45) is 1.90. The number of aryl methyl sites for hydroxylation is 2. The van der Waals surface area contributed by atoms with Crippen molar-refractivity contribution in [2.24, 2.45) is 5.92 Å². The first kappa shape index (κ1) is 26.2. The minimum Gasteiger partial charge on any atom is -0.439 e. The van der Waals surface area contributed by atoms with Crippen molar-refractivity contribution >= 4 is 0 Å². The molecule has 0 radical (unpaired) electrons. The summed E-state index contributed by atoms with van der Waals surface area (Å²) in [7, 11) is 0. The van der Waals surface area contributed by atoms with Crippen LogP contribution in [0.4, 0.5) is 0 Å². The van der Waals surface area contributed by atoms with E-state index in [1.165, 1.54) is 18.4 Å². The Kier molecular flexibility index (Phi) is 8.54. The molecule has 1 aliphatic rings. The number of hydrogen-bond acceptors (Lipinski definition) is 5. The molecule has 1 atom stereocenters. The molecule has 0 aliphatic heterocycles. The summed E-state index contributed by atoms with van der Waals surface area (Å²) in [5.74, 6) is 2.17. The van der Waals surface area contributed by atoms with Gasteiger partial charge in [-0.3, -0.25) is 4.90 Å². The van der Waals surface area contributed by atoms with Crippen molar-refractivity contribution in [3.05, 3.63) is 107 Å². The summed E-state index contributed by atoms with van der Waals surface area (Å²) in [6.45, 7) is 7.01. The molecule has 0 amide bonds. The second kappa shape index (κ2) is 12.4. The minimum absolute atomic E-state index is 0.297. The molecule has 5 rings (SSSR count). The van der Waals surface area contributed by atoms with E-state index in [9.17, 15) is 5.11 Å². The largest absolute Gasteiger partial charge is 0.439 e. The Bertz CT molecular complexity index is 1290. The zero-order chi connectivity index (χ0) is 26.3. The number of ether oxygens (including phenoxy) is 2. The highest BCUT2D eigenvalue weighted by atomic mass is 16.5. The van der Waals surface area contributed by atoms with E-state index in [0.717, 1.165) is 34.8 Å². The van der Waals surface area contributed by atoms with Crippen molar-refractivity contribution in [3.63, 3.8) is 0 Å². The van der Waals surface area contributed by atoms with E-state index in [2.05, 4.69) is 24.0 Å². The molecule has 1 N–H and O–H groups in total. The number of rotatable bonds is 13. The Hall–Kier alpha value is -3.45. The van der Waals surface area contributed by atoms with Gasteiger partial charge in [-0.2, -0.15) is 5.10 Å². The third kappa shape index (κ3) is 7.10. The minimum atomic E-state index is -0.580. The molecule has 198 valence electrons. The molecule has 6 heteroatoms. The van der Waals surface area contributed by atoms with Crippen LogP contribution >= 0.6 is 0 Å². The molecule has 38 heavy (non-hydrogen) atoms. The Labute approximate surface area is 225 Å². The summed E-state index contributed by atoms with van der Waals surface area (Å²) in [4.78, 5) is 2.33. The van der Waals surface area contributed by atoms with E-state index in [-0.39, 0.29) is 0 Å². The molecule has 1 aromatic heterocycles. The average Bonchev–Trinajstić information content (AvgIpc) is 3.70. The first-order valence-corrected chi connectivity index (χ1v) is 13.5. The second-order valence-electron chi connectivity index (χ2n) is 10.3. The summed E-state index contributed by atoms with van der Waals surface area (Å²) in [5.41, 5.74) is 5.20. The van der Waals surface area contributed by atoms with Crippen LogP contribution in [0.2, 0.25) is 0 Å². The Morgan fingerprint density at radius 2 is 1.63 bits per heavy atom. The SMILES string of the molecule is Cc1ccc(Oc2c(CN(CC3CC3)C[C@@H](O)COCc3ccccc3)c(C)nn2-c2ccccc2)cc1. The van der Waals surface area contributed by atoms with Crippen molar-refractivity contribution in [3.8, 4) is 17.3 Å². The maximum Gasteiger partial charge on any atom is 0.227 e. The molecule has 1 aliphatic carbocycles. The lowest BCUT2D eigenvalue weighted by atomic mass is 10.2. The van der Waals surface area contributed by atoms with Gasteiger partial charge in [-0.25, -0.2) is 4.68 Å². The predicted octanol–water partition coefficient (Wildman–Crippen LogP) is 6.07. The quantitative estimate of drug-likeness (QED) is 0.236. The van der Waals surface area contributed by atoms with Gasteiger partial charge in [0.2, 0.25) is 5.88 Å². The van der Waals surface area contributed by atoms with Gasteiger partial charge in [-0.1, -0.05) is 66.2 Å². The normalized spacial score (nSPS) is 14.1. The lowest BCUT2D eigenvalue weighted by Crippen LogP contribution is -2.36. The molecule has 4 aromatic rings. The molecule has 0 spiro atoms. The Morgan fingerprint density at radius 1 is 0.947 bits per heavy atom. The van der Waals surface area contributed by atoms with Crippen LogP contribution in [0.15, 0.2) is 84.9 Å². The molecular formula is C32H37N3O3. The van der Waals surface area contributed by atoms with Gasteiger partial charge in [-0.05, 0) is 62.4 Å². The molecule has 1 fully saturated rings. The van der Waals surface area contributed by atoms with Gasteiger partial charge in [0.1, 0.15) is 5.75 Å². The van der Waals surface area contributed by atoms with Gasteiger partial charge >= 0.3 is 0 Å². The number of aromatic nitrogens is 2. The van der Waals surface area contributed by atoms with Crippen LogP contribution in [-0.4, -0.2) is 45.6 Å². The van der Waals surface area contributed by atoms with Crippen molar-refractivity contribution < 1.29 is 14.6 Å². The van der Waals surface area contributed by atoms with Crippen LogP contribution in [0.5, 0.6) is 11.6 Å². The number of para-hydroxylation sites is 1. The van der Waals surface area contributed by atoms with Crippen LogP contribution in [0.1, 0.15) is 35.2 Å². The van der Waals surface area contributed by atoms with Gasteiger partial charge in [0, 0.05) is 19.6 Å². The Morgan fingerprint density at radius 3 is 2.32 bits per heavy atom. The highest BCUT2D eigenvalue weighted by Crippen LogP contribution is 2.34. The van der Waals surface area contributed by atoms with E-state index < -0.39 is 6.10 Å². The van der Waals surface area contributed by atoms with Crippen molar-refractivity contribution in [1.29, 1.82) is 0 Å². The smallest absolute Gasteiger partial charge is 0.227 e. The third-order valence-electron chi connectivity index (χ3n) is 6.86. The van der Waals surface area contributed by atoms with Crippen LogP contribution in [-0.2, 0) is 17.9 Å². The summed E-state index contributed by atoms with van der Waals surface area (Å²) < 4.78 is 14.2. The highest BCUT2D eigenvalue weighted by molar-refractivity contribution is 5.43. The molecule has 0 unspecified atom stereocenters. The van der Waals surface area contributed by atoms with Crippen molar-refractivity contribution in [2.75, 3.05) is 19.7 Å². The molecule has 3 aromatic carbocycles. The van der Waals surface area contributed by atoms with Crippen LogP contribution < -0.4 is 4.74 Å². The highest BCUT2D eigenvalue weighted by Gasteiger charge is 2.28. The van der Waals surface area contributed by atoms with Gasteiger partial charge in [0.05, 0.1) is 36.3 Å². The first-order chi connectivity index (χ1) is 18.5. The zero-order valence-corrected chi connectivity index (χ0v) is 22.3. The van der Waals surface area contributed by atoms with Crippen molar-refractivity contribution in [1.82, 2.24) is 14.7 Å². The third-order valence-corrected chi connectivity index (χ3v) is 6.86. The number of aliphatic hydroxyl groups is 1. The number of nitrogens with zero attached hydrogens (tertiary/aromatic N) is 3. The topological polar surface area (TPSA) is 59.8 Å². The van der Waals surface area contributed by atoms with Gasteiger partial charge in [0.25, 0.3) is 0 Å². The van der Waals surface area contributed by atoms with Crippen LogP contribution in [0, 0.1) is 19.8 Å². The lowest BCUT2D eigenvalue weighted by Gasteiger charge is -2.25. The monoisotopic (exact) mass is 511 g/mol. The number of benzene rings is 3. The first-order valence-electron chi connectivity index (χ1n) is 13.5. The molecule has 0 saturated heterocycles. The van der Waals surface area contributed by atoms with E-state index in [1.807, 2.05) is 84.4 Å². The number of aliphatic hydroxyl groups excluding tert-OH is 1. The van der Waals surface area contributed by atoms with Crippen LogP contribution in [0.3, 0.4) is 0 Å². The van der Waals surface area contributed by atoms with E-state index >= 15 is 0 Å². The van der Waals surface area contributed by atoms with E-state index in [1.54, 1.807) is 0 Å². The van der Waals surface area contributed by atoms with Gasteiger partial charge in [0.15, 0.2) is 0 Å². The average molecular weight is 512 g/mol. The predicted molar refractivity (Wildman–Crippen MR) is 150 cm³/mol. The van der Waals surface area contributed by atoms with E-state index in [4.69, 9.17) is 14.6 Å². The molecule has 0 bridgehead atoms. The summed E-state index contributed by atoms with van der Waals surface area (Å²) in [6, 6.07) is 28.2. The maximum atomic E-state index is 10.9.